The first-order valence-corrected chi connectivity index (χ1v) is 12.7. The number of amides is 2. The quantitative estimate of drug-likeness (QED) is 0.359. The van der Waals surface area contributed by atoms with E-state index in [1.54, 1.807) is 23.2 Å². The second-order valence-corrected chi connectivity index (χ2v) is 9.66. The van der Waals surface area contributed by atoms with E-state index in [0.717, 1.165) is 5.56 Å². The summed E-state index contributed by atoms with van der Waals surface area (Å²) >= 11 is 12.3. The van der Waals surface area contributed by atoms with E-state index in [4.69, 9.17) is 27.9 Å². The Morgan fingerprint density at radius 1 is 1.03 bits per heavy atom. The molecule has 0 bridgehead atoms. The zero-order valence-electron chi connectivity index (χ0n) is 20.1. The van der Waals surface area contributed by atoms with Crippen molar-refractivity contribution in [3.05, 3.63) is 98.6 Å². The standard InChI is InChI=1S/C27H23Cl2N5O4/c28-21-13-30-14-22(29)23(21)32-26(36)20-15-34(25-19(24(20)35)7-4-10-31-25)18-8-11-33(12-9-18)27(37)38-16-17-5-2-1-3-6-17/h1-7,10,13-15,18H,8-9,11-12,16H2,(H,30,32,36). The Labute approximate surface area is 228 Å². The van der Waals surface area contributed by atoms with Crippen molar-refractivity contribution in [3.63, 3.8) is 0 Å². The van der Waals surface area contributed by atoms with Crippen LogP contribution >= 0.6 is 23.2 Å². The molecule has 4 heterocycles. The van der Waals surface area contributed by atoms with E-state index in [-0.39, 0.29) is 40.0 Å². The van der Waals surface area contributed by atoms with Gasteiger partial charge in [-0.25, -0.2) is 9.78 Å². The van der Waals surface area contributed by atoms with Crippen LogP contribution in [0.3, 0.4) is 0 Å². The molecular formula is C27H23Cl2N5O4. The maximum absolute atomic E-state index is 13.2. The molecule has 0 spiro atoms. The predicted octanol–water partition coefficient (Wildman–Crippen LogP) is 5.32. The summed E-state index contributed by atoms with van der Waals surface area (Å²) in [5.41, 5.74) is 1.04. The summed E-state index contributed by atoms with van der Waals surface area (Å²) in [5.74, 6) is -0.647. The Morgan fingerprint density at radius 2 is 1.74 bits per heavy atom. The highest BCUT2D eigenvalue weighted by molar-refractivity contribution is 6.39. The Hall–Kier alpha value is -3.95. The van der Waals surface area contributed by atoms with Gasteiger partial charge in [0.2, 0.25) is 5.43 Å². The van der Waals surface area contributed by atoms with Crippen molar-refractivity contribution in [1.82, 2.24) is 19.4 Å². The lowest BCUT2D eigenvalue weighted by molar-refractivity contribution is 0.0833. The van der Waals surface area contributed by atoms with Crippen LogP contribution in [0.25, 0.3) is 11.0 Å². The lowest BCUT2D eigenvalue weighted by Crippen LogP contribution is -2.39. The van der Waals surface area contributed by atoms with Crippen LogP contribution in [0.15, 0.2) is 72.0 Å². The van der Waals surface area contributed by atoms with Gasteiger partial charge in [-0.15, -0.1) is 0 Å². The number of nitrogens with one attached hydrogen (secondary N) is 1. The number of rotatable bonds is 5. The summed E-state index contributed by atoms with van der Waals surface area (Å²) < 4.78 is 7.31. The van der Waals surface area contributed by atoms with E-state index in [0.29, 0.717) is 37.0 Å². The number of likely N-dealkylation sites (tertiary alicyclic amines) is 1. The molecule has 38 heavy (non-hydrogen) atoms. The number of nitrogens with zero attached hydrogens (tertiary/aromatic N) is 4. The van der Waals surface area contributed by atoms with Gasteiger partial charge in [-0.3, -0.25) is 14.6 Å². The number of hydrogen-bond donors (Lipinski definition) is 1. The highest BCUT2D eigenvalue weighted by Gasteiger charge is 2.27. The average molecular weight is 552 g/mol. The van der Waals surface area contributed by atoms with E-state index in [1.165, 1.54) is 18.6 Å². The molecule has 0 saturated carbocycles. The zero-order chi connectivity index (χ0) is 26.6. The molecule has 0 atom stereocenters. The lowest BCUT2D eigenvalue weighted by Gasteiger charge is -2.33. The summed E-state index contributed by atoms with van der Waals surface area (Å²) in [4.78, 5) is 49.0. The minimum Gasteiger partial charge on any atom is -0.445 e. The largest absolute Gasteiger partial charge is 0.445 e. The van der Waals surface area contributed by atoms with Crippen LogP contribution in [0.4, 0.5) is 10.5 Å². The third-order valence-electron chi connectivity index (χ3n) is 6.45. The van der Waals surface area contributed by atoms with Crippen molar-refractivity contribution < 1.29 is 14.3 Å². The molecule has 1 fully saturated rings. The molecule has 5 rings (SSSR count). The summed E-state index contributed by atoms with van der Waals surface area (Å²) in [5, 5.41) is 3.26. The van der Waals surface area contributed by atoms with Gasteiger partial charge in [-0.2, -0.15) is 0 Å². The zero-order valence-corrected chi connectivity index (χ0v) is 21.7. The molecule has 1 saturated heterocycles. The Kier molecular flexibility index (Phi) is 7.57. The van der Waals surface area contributed by atoms with Crippen molar-refractivity contribution >= 4 is 51.9 Å². The second-order valence-electron chi connectivity index (χ2n) is 8.84. The molecule has 2 amide bonds. The van der Waals surface area contributed by atoms with Gasteiger partial charge in [0.15, 0.2) is 0 Å². The number of pyridine rings is 3. The first kappa shape index (κ1) is 25.7. The van der Waals surface area contributed by atoms with Crippen molar-refractivity contribution in [2.75, 3.05) is 18.4 Å². The van der Waals surface area contributed by atoms with Gasteiger partial charge in [-0.1, -0.05) is 53.5 Å². The van der Waals surface area contributed by atoms with Crippen molar-refractivity contribution in [2.45, 2.75) is 25.5 Å². The maximum atomic E-state index is 13.2. The van der Waals surface area contributed by atoms with Gasteiger partial charge < -0.3 is 19.5 Å². The normalized spacial score (nSPS) is 13.9. The monoisotopic (exact) mass is 551 g/mol. The number of fused-ring (bicyclic) bond motifs is 1. The number of carbonyl (C=O) groups is 2. The van der Waals surface area contributed by atoms with Gasteiger partial charge in [0, 0.05) is 43.9 Å². The molecule has 9 nitrogen and oxygen atoms in total. The van der Waals surface area contributed by atoms with E-state index < -0.39 is 11.3 Å². The minimum absolute atomic E-state index is 0.0702. The number of ether oxygens (including phenoxy) is 1. The first-order valence-electron chi connectivity index (χ1n) is 12.0. The Morgan fingerprint density at radius 3 is 2.45 bits per heavy atom. The summed E-state index contributed by atoms with van der Waals surface area (Å²) in [6, 6.07) is 12.7. The SMILES string of the molecule is O=C(Nc1c(Cl)cncc1Cl)c1cn(C2CCN(C(=O)OCc3ccccc3)CC2)c2ncccc2c1=O. The highest BCUT2D eigenvalue weighted by atomic mass is 35.5. The topological polar surface area (TPSA) is 106 Å². The molecule has 1 N–H and O–H groups in total. The highest BCUT2D eigenvalue weighted by Crippen LogP contribution is 2.30. The molecular weight excluding hydrogens is 529 g/mol. The van der Waals surface area contributed by atoms with Crippen LogP contribution in [0.5, 0.6) is 0 Å². The van der Waals surface area contributed by atoms with Gasteiger partial charge in [0.25, 0.3) is 5.91 Å². The van der Waals surface area contributed by atoms with E-state index in [1.807, 2.05) is 34.9 Å². The number of carbonyl (C=O) groups excluding carboxylic acids is 2. The molecule has 3 aromatic heterocycles. The van der Waals surface area contributed by atoms with Crippen LogP contribution in [-0.4, -0.2) is 44.5 Å². The van der Waals surface area contributed by atoms with Crippen molar-refractivity contribution in [2.24, 2.45) is 0 Å². The van der Waals surface area contributed by atoms with Crippen molar-refractivity contribution in [3.8, 4) is 0 Å². The minimum atomic E-state index is -0.647. The third kappa shape index (κ3) is 5.34. The summed E-state index contributed by atoms with van der Waals surface area (Å²) in [7, 11) is 0. The molecule has 1 aliphatic rings. The predicted molar refractivity (Wildman–Crippen MR) is 145 cm³/mol. The molecule has 1 aliphatic heterocycles. The van der Waals surface area contributed by atoms with Crippen LogP contribution < -0.4 is 10.7 Å². The fourth-order valence-electron chi connectivity index (χ4n) is 4.47. The van der Waals surface area contributed by atoms with E-state index >= 15 is 0 Å². The van der Waals surface area contributed by atoms with Crippen LogP contribution in [0.2, 0.25) is 10.0 Å². The summed E-state index contributed by atoms with van der Waals surface area (Å²) in [6.45, 7) is 1.13. The first-order chi connectivity index (χ1) is 18.4. The van der Waals surface area contributed by atoms with E-state index in [9.17, 15) is 14.4 Å². The lowest BCUT2D eigenvalue weighted by atomic mass is 10.0. The molecule has 1 aromatic carbocycles. The number of aromatic nitrogens is 3. The van der Waals surface area contributed by atoms with Gasteiger partial charge in [0.1, 0.15) is 17.8 Å². The molecule has 0 unspecified atom stereocenters. The van der Waals surface area contributed by atoms with E-state index in [2.05, 4.69) is 15.3 Å². The number of halogens is 2. The Bertz CT molecular complexity index is 1530. The maximum Gasteiger partial charge on any atom is 0.410 e. The Balaban J connectivity index is 1.36. The van der Waals surface area contributed by atoms with Crippen molar-refractivity contribution in [1.29, 1.82) is 0 Å². The van der Waals surface area contributed by atoms with Crippen LogP contribution in [0.1, 0.15) is 34.8 Å². The average Bonchev–Trinajstić information content (AvgIpc) is 2.95. The molecule has 11 heteroatoms. The number of piperidine rings is 1. The molecule has 4 aromatic rings. The second kappa shape index (κ2) is 11.2. The molecule has 194 valence electrons. The third-order valence-corrected chi connectivity index (χ3v) is 7.02. The fourth-order valence-corrected chi connectivity index (χ4v) is 4.93. The number of benzene rings is 1. The summed E-state index contributed by atoms with van der Waals surface area (Å²) in [6.07, 6.45) is 6.64. The fraction of sp³-hybridized carbons (Fsp3) is 0.222. The molecule has 0 aliphatic carbocycles. The molecule has 0 radical (unpaired) electrons. The van der Waals surface area contributed by atoms with Crippen LogP contribution in [-0.2, 0) is 11.3 Å². The number of anilines is 1. The smallest absolute Gasteiger partial charge is 0.410 e. The van der Waals surface area contributed by atoms with Gasteiger partial charge >= 0.3 is 6.09 Å². The van der Waals surface area contributed by atoms with Crippen LogP contribution in [0, 0.1) is 0 Å². The van der Waals surface area contributed by atoms with Gasteiger partial charge in [-0.05, 0) is 30.5 Å². The van der Waals surface area contributed by atoms with Gasteiger partial charge in [0.05, 0.1) is 21.1 Å². The number of hydrogen-bond acceptors (Lipinski definition) is 6.